The van der Waals surface area contributed by atoms with Gasteiger partial charge in [0.15, 0.2) is 0 Å². The van der Waals surface area contributed by atoms with E-state index in [9.17, 15) is 4.79 Å². The third kappa shape index (κ3) is 5.91. The summed E-state index contributed by atoms with van der Waals surface area (Å²) in [4.78, 5) is 11.1. The van der Waals surface area contributed by atoms with E-state index >= 15 is 0 Å². The minimum atomic E-state index is -0.817. The van der Waals surface area contributed by atoms with Gasteiger partial charge in [-0.2, -0.15) is 0 Å². The Morgan fingerprint density at radius 1 is 1.11 bits per heavy atom. The first kappa shape index (κ1) is 15.7. The number of hydrogen-bond acceptors (Lipinski definition) is 1. The summed E-state index contributed by atoms with van der Waals surface area (Å²) in [6.07, 6.45) is 5.75. The van der Waals surface area contributed by atoms with Crippen LogP contribution in [0.15, 0.2) is 24.3 Å². The van der Waals surface area contributed by atoms with Crippen LogP contribution in [0.1, 0.15) is 62.4 Å². The minimum Gasteiger partial charge on any atom is -0.478 e. The maximum absolute atomic E-state index is 11.1. The molecule has 19 heavy (non-hydrogen) atoms. The molecule has 1 aromatic rings. The zero-order valence-corrected chi connectivity index (χ0v) is 12.4. The molecule has 106 valence electrons. The second kappa shape index (κ2) is 7.98. The number of aromatic carboxylic acids is 1. The highest BCUT2D eigenvalue weighted by atomic mass is 16.4. The summed E-state index contributed by atoms with van der Waals surface area (Å²) in [6.45, 7) is 6.78. The number of carboxylic acid groups (broad SMARTS) is 1. The number of aryl methyl sites for hydroxylation is 1. The van der Waals surface area contributed by atoms with Gasteiger partial charge in [0.1, 0.15) is 0 Å². The topological polar surface area (TPSA) is 37.3 Å². The van der Waals surface area contributed by atoms with Crippen LogP contribution in [-0.2, 0) is 6.42 Å². The highest BCUT2D eigenvalue weighted by molar-refractivity contribution is 5.89. The van der Waals surface area contributed by atoms with Crippen molar-refractivity contribution in [2.24, 2.45) is 11.8 Å². The molecule has 1 rings (SSSR count). The normalized spacial score (nSPS) is 12.6. The first-order valence-electron chi connectivity index (χ1n) is 7.32. The molecule has 0 heterocycles. The van der Waals surface area contributed by atoms with Gasteiger partial charge in [0, 0.05) is 0 Å². The molecule has 1 N–H and O–H groups in total. The molecule has 0 saturated heterocycles. The molecule has 0 aliphatic heterocycles. The van der Waals surface area contributed by atoms with Crippen molar-refractivity contribution in [2.45, 2.75) is 52.9 Å². The van der Waals surface area contributed by atoms with Gasteiger partial charge in [0.25, 0.3) is 0 Å². The van der Waals surface area contributed by atoms with Gasteiger partial charge in [-0.05, 0) is 36.3 Å². The number of rotatable bonds is 8. The fourth-order valence-corrected chi connectivity index (χ4v) is 2.37. The van der Waals surface area contributed by atoms with Crippen LogP contribution >= 0.6 is 0 Å². The van der Waals surface area contributed by atoms with E-state index in [4.69, 9.17) is 5.11 Å². The molecule has 1 aromatic carbocycles. The minimum absolute atomic E-state index is 0.455. The van der Waals surface area contributed by atoms with Crippen LogP contribution in [0.4, 0.5) is 0 Å². The molecule has 0 fully saturated rings. The average molecular weight is 262 g/mol. The third-order valence-corrected chi connectivity index (χ3v) is 3.63. The Morgan fingerprint density at radius 3 is 2.42 bits per heavy atom. The van der Waals surface area contributed by atoms with Gasteiger partial charge in [-0.25, -0.2) is 4.79 Å². The third-order valence-electron chi connectivity index (χ3n) is 3.63. The van der Waals surface area contributed by atoms with E-state index in [-0.39, 0.29) is 0 Å². The van der Waals surface area contributed by atoms with E-state index in [0.29, 0.717) is 11.5 Å². The molecule has 0 radical (unpaired) electrons. The maximum Gasteiger partial charge on any atom is 0.335 e. The molecule has 0 aliphatic rings. The summed E-state index contributed by atoms with van der Waals surface area (Å²) in [5, 5.41) is 9.13. The molecular formula is C17H26O2. The number of carbonyl (C=O) groups is 1. The Bertz CT molecular complexity index is 396. The van der Waals surface area contributed by atoms with Gasteiger partial charge in [-0.3, -0.25) is 0 Å². The lowest BCUT2D eigenvalue weighted by Crippen LogP contribution is -2.05. The summed E-state index contributed by atoms with van der Waals surface area (Å²) in [6, 6.07) is 7.34. The van der Waals surface area contributed by atoms with E-state index in [1.807, 2.05) is 12.1 Å². The predicted molar refractivity (Wildman–Crippen MR) is 79.6 cm³/mol. The van der Waals surface area contributed by atoms with Crippen LogP contribution in [-0.4, -0.2) is 11.1 Å². The molecule has 0 saturated carbocycles. The standard InChI is InChI=1S/C17H26O2/c1-13(2)7-6-8-14(3)11-12-15-9-4-5-10-16(15)17(18)19/h4-5,9-10,13-14H,6-8,11-12H2,1-3H3,(H,18,19). The first-order chi connectivity index (χ1) is 9.00. The van der Waals surface area contributed by atoms with Crippen LogP contribution in [0.3, 0.4) is 0 Å². The number of carboxylic acids is 1. The second-order valence-corrected chi connectivity index (χ2v) is 5.93. The molecule has 0 aliphatic carbocycles. The van der Waals surface area contributed by atoms with Crippen molar-refractivity contribution in [3.05, 3.63) is 35.4 Å². The van der Waals surface area contributed by atoms with Crippen molar-refractivity contribution in [2.75, 3.05) is 0 Å². The zero-order valence-electron chi connectivity index (χ0n) is 12.4. The van der Waals surface area contributed by atoms with Gasteiger partial charge in [0.05, 0.1) is 5.56 Å². The van der Waals surface area contributed by atoms with Gasteiger partial charge >= 0.3 is 5.97 Å². The summed E-state index contributed by atoms with van der Waals surface area (Å²) < 4.78 is 0. The number of benzene rings is 1. The summed E-state index contributed by atoms with van der Waals surface area (Å²) in [5.41, 5.74) is 1.42. The van der Waals surface area contributed by atoms with E-state index in [1.165, 1.54) is 19.3 Å². The van der Waals surface area contributed by atoms with E-state index < -0.39 is 5.97 Å². The van der Waals surface area contributed by atoms with E-state index in [0.717, 1.165) is 24.3 Å². The highest BCUT2D eigenvalue weighted by Crippen LogP contribution is 2.19. The largest absolute Gasteiger partial charge is 0.478 e. The smallest absolute Gasteiger partial charge is 0.335 e. The molecule has 0 bridgehead atoms. The van der Waals surface area contributed by atoms with Crippen molar-refractivity contribution in [3.63, 3.8) is 0 Å². The summed E-state index contributed by atoms with van der Waals surface area (Å²) in [7, 11) is 0. The monoisotopic (exact) mass is 262 g/mol. The lowest BCUT2D eigenvalue weighted by molar-refractivity contribution is 0.0695. The van der Waals surface area contributed by atoms with Crippen LogP contribution in [0.25, 0.3) is 0 Å². The molecule has 0 aromatic heterocycles. The van der Waals surface area contributed by atoms with Crippen LogP contribution in [0, 0.1) is 11.8 Å². The van der Waals surface area contributed by atoms with Gasteiger partial charge in [0.2, 0.25) is 0 Å². The van der Waals surface area contributed by atoms with Crippen molar-refractivity contribution in [1.82, 2.24) is 0 Å². The molecule has 2 heteroatoms. The molecular weight excluding hydrogens is 236 g/mol. The number of hydrogen-bond donors (Lipinski definition) is 1. The van der Waals surface area contributed by atoms with Crippen molar-refractivity contribution in [3.8, 4) is 0 Å². The quantitative estimate of drug-likeness (QED) is 0.732. The fourth-order valence-electron chi connectivity index (χ4n) is 2.37. The molecule has 1 atom stereocenters. The van der Waals surface area contributed by atoms with Gasteiger partial charge in [-0.1, -0.05) is 58.2 Å². The lowest BCUT2D eigenvalue weighted by atomic mass is 9.93. The average Bonchev–Trinajstić information content (AvgIpc) is 2.36. The Hall–Kier alpha value is -1.31. The van der Waals surface area contributed by atoms with Crippen molar-refractivity contribution < 1.29 is 9.90 Å². The zero-order chi connectivity index (χ0) is 14.3. The van der Waals surface area contributed by atoms with Crippen LogP contribution in [0.5, 0.6) is 0 Å². The highest BCUT2D eigenvalue weighted by Gasteiger charge is 2.10. The summed E-state index contributed by atoms with van der Waals surface area (Å²) >= 11 is 0. The Balaban J connectivity index is 2.42. The van der Waals surface area contributed by atoms with Crippen LogP contribution < -0.4 is 0 Å². The second-order valence-electron chi connectivity index (χ2n) is 5.93. The SMILES string of the molecule is CC(C)CCCC(C)CCc1ccccc1C(=O)O. The van der Waals surface area contributed by atoms with Gasteiger partial charge in [-0.15, -0.1) is 0 Å². The molecule has 0 amide bonds. The molecule has 1 unspecified atom stereocenters. The Labute approximate surface area is 116 Å². The summed E-state index contributed by atoms with van der Waals surface area (Å²) in [5.74, 6) is 0.628. The Morgan fingerprint density at radius 2 is 1.79 bits per heavy atom. The molecule has 2 nitrogen and oxygen atoms in total. The maximum atomic E-state index is 11.1. The van der Waals surface area contributed by atoms with Gasteiger partial charge < -0.3 is 5.11 Å². The molecule has 0 spiro atoms. The fraction of sp³-hybridized carbons (Fsp3) is 0.588. The predicted octanol–water partition coefficient (Wildman–Crippen LogP) is 4.78. The lowest BCUT2D eigenvalue weighted by Gasteiger charge is -2.13. The Kier molecular flexibility index (Phi) is 6.61. The first-order valence-corrected chi connectivity index (χ1v) is 7.32. The van der Waals surface area contributed by atoms with Crippen molar-refractivity contribution >= 4 is 5.97 Å². The van der Waals surface area contributed by atoms with Crippen molar-refractivity contribution in [1.29, 1.82) is 0 Å². The van der Waals surface area contributed by atoms with Crippen LogP contribution in [0.2, 0.25) is 0 Å². The van der Waals surface area contributed by atoms with E-state index in [1.54, 1.807) is 12.1 Å². The van der Waals surface area contributed by atoms with E-state index in [2.05, 4.69) is 20.8 Å².